The molecule has 0 aromatic rings. The molecule has 1 amide bonds. The maximum Gasteiger partial charge on any atom is 0.236 e. The molecule has 0 aromatic carbocycles. The molecular formula is C11H20N2O2. The summed E-state index contributed by atoms with van der Waals surface area (Å²) in [5.41, 5.74) is 0. The lowest BCUT2D eigenvalue weighted by Crippen LogP contribution is -2.45. The Morgan fingerprint density at radius 2 is 2.07 bits per heavy atom. The van der Waals surface area contributed by atoms with Gasteiger partial charge in [0, 0.05) is 13.1 Å². The second-order valence-electron chi connectivity index (χ2n) is 4.42. The van der Waals surface area contributed by atoms with Crippen molar-refractivity contribution in [3.05, 3.63) is 0 Å². The number of morpholine rings is 1. The zero-order chi connectivity index (χ0) is 10.5. The summed E-state index contributed by atoms with van der Waals surface area (Å²) in [6.07, 6.45) is 4.03. The molecule has 0 radical (unpaired) electrons. The molecule has 2 rings (SSSR count). The summed E-state index contributed by atoms with van der Waals surface area (Å²) < 4.78 is 5.20. The maximum atomic E-state index is 11.7. The van der Waals surface area contributed by atoms with Crippen molar-refractivity contribution in [2.24, 2.45) is 5.92 Å². The number of hydrogen-bond donors (Lipinski definition) is 1. The van der Waals surface area contributed by atoms with Gasteiger partial charge in [-0.1, -0.05) is 6.42 Å². The summed E-state index contributed by atoms with van der Waals surface area (Å²) in [6.45, 7) is 4.39. The highest BCUT2D eigenvalue weighted by atomic mass is 16.5. The minimum absolute atomic E-state index is 0.220. The van der Waals surface area contributed by atoms with Crippen LogP contribution in [0.2, 0.25) is 0 Å². The fourth-order valence-electron chi connectivity index (χ4n) is 2.00. The van der Waals surface area contributed by atoms with Gasteiger partial charge in [0.15, 0.2) is 0 Å². The predicted molar refractivity (Wildman–Crippen MR) is 57.6 cm³/mol. The van der Waals surface area contributed by atoms with Gasteiger partial charge in [0.25, 0.3) is 0 Å². The quantitative estimate of drug-likeness (QED) is 0.725. The van der Waals surface area contributed by atoms with Crippen molar-refractivity contribution in [2.45, 2.75) is 19.3 Å². The summed E-state index contributed by atoms with van der Waals surface area (Å²) in [5.74, 6) is 1.04. The van der Waals surface area contributed by atoms with E-state index in [9.17, 15) is 4.79 Å². The molecule has 2 fully saturated rings. The number of nitrogens with one attached hydrogen (secondary N) is 1. The Labute approximate surface area is 91.0 Å². The third kappa shape index (κ3) is 3.18. The van der Waals surface area contributed by atoms with Gasteiger partial charge < -0.3 is 15.0 Å². The Morgan fingerprint density at radius 3 is 2.67 bits per heavy atom. The van der Waals surface area contributed by atoms with Crippen LogP contribution in [0.5, 0.6) is 0 Å². The lowest BCUT2D eigenvalue weighted by Gasteiger charge is -2.28. The number of nitrogens with zero attached hydrogens (tertiary/aromatic N) is 1. The van der Waals surface area contributed by atoms with E-state index in [1.54, 1.807) is 0 Å². The molecule has 1 saturated carbocycles. The van der Waals surface area contributed by atoms with E-state index in [1.807, 2.05) is 4.90 Å². The van der Waals surface area contributed by atoms with Crippen LogP contribution in [0.25, 0.3) is 0 Å². The van der Waals surface area contributed by atoms with Gasteiger partial charge >= 0.3 is 0 Å². The van der Waals surface area contributed by atoms with E-state index in [0.717, 1.165) is 25.6 Å². The van der Waals surface area contributed by atoms with Crippen LogP contribution in [-0.2, 0) is 9.53 Å². The molecule has 0 spiro atoms. The Hall–Kier alpha value is -0.610. The second kappa shape index (κ2) is 5.47. The molecule has 2 aliphatic rings. The first kappa shape index (κ1) is 10.9. The number of carbonyl (C=O) groups is 1. The van der Waals surface area contributed by atoms with Gasteiger partial charge in [0.1, 0.15) is 0 Å². The standard InChI is InChI=1S/C11H20N2O2/c14-11(13-4-6-15-7-5-13)9-12-8-10-2-1-3-10/h10,12H,1-9H2. The Bertz CT molecular complexity index is 211. The van der Waals surface area contributed by atoms with Crippen molar-refractivity contribution in [1.29, 1.82) is 0 Å². The number of rotatable bonds is 4. The average Bonchev–Trinajstić information content (AvgIpc) is 2.23. The minimum atomic E-state index is 0.220. The molecule has 4 heteroatoms. The summed E-state index contributed by atoms with van der Waals surface area (Å²) in [6, 6.07) is 0. The van der Waals surface area contributed by atoms with Gasteiger partial charge in [0.2, 0.25) is 5.91 Å². The zero-order valence-electron chi connectivity index (χ0n) is 9.21. The lowest BCUT2D eigenvalue weighted by molar-refractivity contribution is -0.134. The van der Waals surface area contributed by atoms with Crippen LogP contribution >= 0.6 is 0 Å². The molecule has 1 aliphatic carbocycles. The van der Waals surface area contributed by atoms with Gasteiger partial charge in [-0.3, -0.25) is 4.79 Å². The highest BCUT2D eigenvalue weighted by Gasteiger charge is 2.19. The molecule has 0 bridgehead atoms. The molecule has 15 heavy (non-hydrogen) atoms. The van der Waals surface area contributed by atoms with Crippen molar-refractivity contribution in [3.63, 3.8) is 0 Å². The first-order valence-corrected chi connectivity index (χ1v) is 5.92. The van der Waals surface area contributed by atoms with Crippen molar-refractivity contribution in [3.8, 4) is 0 Å². The predicted octanol–water partition coefficient (Wildman–Crippen LogP) is 0.235. The molecule has 4 nitrogen and oxygen atoms in total. The Balaban J connectivity index is 1.58. The van der Waals surface area contributed by atoms with E-state index in [0.29, 0.717) is 19.8 Å². The fourth-order valence-corrected chi connectivity index (χ4v) is 2.00. The van der Waals surface area contributed by atoms with Gasteiger partial charge in [-0.25, -0.2) is 0 Å². The van der Waals surface area contributed by atoms with Crippen molar-refractivity contribution in [2.75, 3.05) is 39.4 Å². The molecule has 86 valence electrons. The van der Waals surface area contributed by atoms with Crippen molar-refractivity contribution >= 4 is 5.91 Å². The summed E-state index contributed by atoms with van der Waals surface area (Å²) >= 11 is 0. The molecule has 0 aromatic heterocycles. The van der Waals surface area contributed by atoms with Crippen LogP contribution < -0.4 is 5.32 Å². The fraction of sp³-hybridized carbons (Fsp3) is 0.909. The minimum Gasteiger partial charge on any atom is -0.378 e. The number of amides is 1. The van der Waals surface area contributed by atoms with Crippen LogP contribution in [-0.4, -0.2) is 50.2 Å². The number of carbonyl (C=O) groups excluding carboxylic acids is 1. The van der Waals surface area contributed by atoms with Crippen LogP contribution in [0.4, 0.5) is 0 Å². The van der Waals surface area contributed by atoms with Gasteiger partial charge in [0.05, 0.1) is 19.8 Å². The Kier molecular flexibility index (Phi) is 3.97. The molecule has 1 saturated heterocycles. The highest BCUT2D eigenvalue weighted by molar-refractivity contribution is 5.78. The smallest absolute Gasteiger partial charge is 0.236 e. The number of ether oxygens (including phenoxy) is 1. The van der Waals surface area contributed by atoms with Crippen molar-refractivity contribution in [1.82, 2.24) is 10.2 Å². The van der Waals surface area contributed by atoms with Crippen LogP contribution in [0.1, 0.15) is 19.3 Å². The van der Waals surface area contributed by atoms with E-state index in [4.69, 9.17) is 4.74 Å². The average molecular weight is 212 g/mol. The highest BCUT2D eigenvalue weighted by Crippen LogP contribution is 2.24. The van der Waals surface area contributed by atoms with Gasteiger partial charge in [-0.2, -0.15) is 0 Å². The molecule has 1 heterocycles. The van der Waals surface area contributed by atoms with Crippen LogP contribution in [0.3, 0.4) is 0 Å². The normalized spacial score (nSPS) is 22.5. The number of hydrogen-bond acceptors (Lipinski definition) is 3. The van der Waals surface area contributed by atoms with E-state index in [1.165, 1.54) is 19.3 Å². The molecule has 0 atom stereocenters. The van der Waals surface area contributed by atoms with Crippen molar-refractivity contribution < 1.29 is 9.53 Å². The summed E-state index contributed by atoms with van der Waals surface area (Å²) in [7, 11) is 0. The molecule has 1 aliphatic heterocycles. The van der Waals surface area contributed by atoms with E-state index in [2.05, 4.69) is 5.32 Å². The van der Waals surface area contributed by atoms with E-state index >= 15 is 0 Å². The molecule has 1 N–H and O–H groups in total. The van der Waals surface area contributed by atoms with E-state index in [-0.39, 0.29) is 5.91 Å². The third-order valence-electron chi connectivity index (χ3n) is 3.30. The van der Waals surface area contributed by atoms with Gasteiger partial charge in [-0.15, -0.1) is 0 Å². The largest absolute Gasteiger partial charge is 0.378 e. The summed E-state index contributed by atoms with van der Waals surface area (Å²) in [5, 5.41) is 3.25. The van der Waals surface area contributed by atoms with Crippen LogP contribution in [0, 0.1) is 5.92 Å². The second-order valence-corrected chi connectivity index (χ2v) is 4.42. The third-order valence-corrected chi connectivity index (χ3v) is 3.30. The molecular weight excluding hydrogens is 192 g/mol. The first-order valence-electron chi connectivity index (χ1n) is 5.92. The maximum absolute atomic E-state index is 11.7. The lowest BCUT2D eigenvalue weighted by atomic mass is 9.85. The topological polar surface area (TPSA) is 41.6 Å². The van der Waals surface area contributed by atoms with E-state index < -0.39 is 0 Å². The summed E-state index contributed by atoms with van der Waals surface area (Å²) in [4.78, 5) is 13.6. The molecule has 0 unspecified atom stereocenters. The first-order chi connectivity index (χ1) is 7.36. The van der Waals surface area contributed by atoms with Gasteiger partial charge in [-0.05, 0) is 25.3 Å². The Morgan fingerprint density at radius 1 is 1.33 bits per heavy atom. The van der Waals surface area contributed by atoms with Crippen LogP contribution in [0.15, 0.2) is 0 Å². The SMILES string of the molecule is O=C(CNCC1CCC1)N1CCOCC1. The zero-order valence-corrected chi connectivity index (χ0v) is 9.21. The monoisotopic (exact) mass is 212 g/mol.